The second-order valence-electron chi connectivity index (χ2n) is 6.81. The molecule has 0 saturated heterocycles. The number of benzene rings is 1. The van der Waals surface area contributed by atoms with Crippen LogP contribution < -0.4 is 10.6 Å². The summed E-state index contributed by atoms with van der Waals surface area (Å²) in [4.78, 5) is 6.11. The quantitative estimate of drug-likeness (QED) is 0.165. The van der Waals surface area contributed by atoms with Crippen molar-refractivity contribution < 1.29 is 4.74 Å². The molecule has 1 fully saturated rings. The summed E-state index contributed by atoms with van der Waals surface area (Å²) in [5.41, 5.74) is 3.00. The topological polar surface area (TPSA) is 45.7 Å². The predicted molar refractivity (Wildman–Crippen MR) is 124 cm³/mol. The molecule has 0 atom stereocenters. The number of guanidine groups is 1. The van der Waals surface area contributed by atoms with Crippen molar-refractivity contribution in [3.8, 4) is 0 Å². The Morgan fingerprint density at radius 1 is 1.27 bits per heavy atom. The van der Waals surface area contributed by atoms with Crippen LogP contribution in [0.5, 0.6) is 0 Å². The molecular weight excluding hydrogens is 457 g/mol. The molecule has 6 heteroatoms. The highest BCUT2D eigenvalue weighted by Gasteiger charge is 2.41. The fourth-order valence-electron chi connectivity index (χ4n) is 2.88. The van der Waals surface area contributed by atoms with Gasteiger partial charge in [-0.1, -0.05) is 12.1 Å². The van der Waals surface area contributed by atoms with E-state index in [1.807, 2.05) is 0 Å². The van der Waals surface area contributed by atoms with E-state index in [9.17, 15) is 0 Å². The van der Waals surface area contributed by atoms with Crippen molar-refractivity contribution in [2.45, 2.75) is 51.5 Å². The van der Waals surface area contributed by atoms with Gasteiger partial charge in [-0.15, -0.1) is 35.7 Å². The van der Waals surface area contributed by atoms with E-state index in [1.165, 1.54) is 28.9 Å². The van der Waals surface area contributed by atoms with Gasteiger partial charge in [0, 0.05) is 31.2 Å². The van der Waals surface area contributed by atoms with E-state index >= 15 is 0 Å². The largest absolute Gasteiger partial charge is 0.382 e. The molecule has 1 aromatic carbocycles. The van der Waals surface area contributed by atoms with Gasteiger partial charge in [0.2, 0.25) is 0 Å². The molecule has 2 N–H and O–H groups in total. The molecule has 4 nitrogen and oxygen atoms in total. The van der Waals surface area contributed by atoms with Crippen molar-refractivity contribution in [3.05, 3.63) is 29.3 Å². The van der Waals surface area contributed by atoms with E-state index in [1.54, 1.807) is 11.8 Å². The van der Waals surface area contributed by atoms with Crippen LogP contribution in [0.15, 0.2) is 28.1 Å². The highest BCUT2D eigenvalue weighted by molar-refractivity contribution is 14.0. The molecule has 0 amide bonds. The number of hydrogen-bond donors (Lipinski definition) is 2. The average molecular weight is 491 g/mol. The molecule has 0 unspecified atom stereocenters. The Bertz CT molecular complexity index is 576. The highest BCUT2D eigenvalue weighted by atomic mass is 127. The van der Waals surface area contributed by atoms with Crippen LogP contribution >= 0.6 is 35.7 Å². The van der Waals surface area contributed by atoms with E-state index in [0.717, 1.165) is 38.7 Å². The van der Waals surface area contributed by atoms with Crippen molar-refractivity contribution in [2.75, 3.05) is 32.6 Å². The Balaban J connectivity index is 0.00000338. The van der Waals surface area contributed by atoms with Gasteiger partial charge in [0.05, 0.1) is 6.54 Å². The molecule has 0 aromatic heterocycles. The Hall–Kier alpha value is -0.470. The first kappa shape index (κ1) is 23.6. The zero-order valence-corrected chi connectivity index (χ0v) is 19.7. The monoisotopic (exact) mass is 491 g/mol. The number of nitrogens with zero attached hydrogens (tertiary/aromatic N) is 1. The fourth-order valence-corrected chi connectivity index (χ4v) is 3.58. The van der Waals surface area contributed by atoms with Crippen LogP contribution in [-0.2, 0) is 11.3 Å². The Morgan fingerprint density at radius 2 is 2.04 bits per heavy atom. The Labute approximate surface area is 180 Å². The lowest BCUT2D eigenvalue weighted by molar-refractivity contribution is 0.128. The maximum Gasteiger partial charge on any atom is 0.191 e. The Kier molecular flexibility index (Phi) is 11.0. The van der Waals surface area contributed by atoms with Gasteiger partial charge >= 0.3 is 0 Å². The lowest BCUT2D eigenvalue weighted by atomic mass is 10.0. The van der Waals surface area contributed by atoms with E-state index in [4.69, 9.17) is 9.73 Å². The summed E-state index contributed by atoms with van der Waals surface area (Å²) in [6.07, 6.45) is 5.85. The van der Waals surface area contributed by atoms with Gasteiger partial charge < -0.3 is 15.4 Å². The molecule has 0 bridgehead atoms. The third-order valence-corrected chi connectivity index (χ3v) is 5.58. The van der Waals surface area contributed by atoms with E-state index in [2.05, 4.69) is 55.9 Å². The normalized spacial score (nSPS) is 15.3. The van der Waals surface area contributed by atoms with E-state index in [0.29, 0.717) is 12.0 Å². The van der Waals surface area contributed by atoms with Crippen molar-refractivity contribution in [3.63, 3.8) is 0 Å². The number of halogens is 1. The molecule has 1 aliphatic rings. The summed E-state index contributed by atoms with van der Waals surface area (Å²) in [5, 5.41) is 6.92. The molecule has 0 spiro atoms. The van der Waals surface area contributed by atoms with Gasteiger partial charge in [0.15, 0.2) is 5.96 Å². The number of nitrogens with one attached hydrogen (secondary N) is 2. The fraction of sp³-hybridized carbons (Fsp3) is 0.650. The summed E-state index contributed by atoms with van der Waals surface area (Å²) in [6.45, 7) is 10.5. The third kappa shape index (κ3) is 7.64. The number of aryl methyl sites for hydroxylation is 1. The second-order valence-corrected chi connectivity index (χ2v) is 7.66. The molecule has 0 radical (unpaired) electrons. The SMILES string of the molecule is CCNC(=NCc1ccc(C)cc1SC)NCC1(CCOCC)CC1.I. The number of hydrogen-bond acceptors (Lipinski definition) is 3. The van der Waals surface area contributed by atoms with Gasteiger partial charge in [-0.3, -0.25) is 0 Å². The molecule has 2 rings (SSSR count). The summed E-state index contributed by atoms with van der Waals surface area (Å²) in [7, 11) is 0. The zero-order valence-electron chi connectivity index (χ0n) is 16.6. The molecule has 1 saturated carbocycles. The molecule has 26 heavy (non-hydrogen) atoms. The third-order valence-electron chi connectivity index (χ3n) is 4.76. The zero-order chi connectivity index (χ0) is 18.1. The number of aliphatic imine (C=N–C) groups is 1. The van der Waals surface area contributed by atoms with Crippen LogP contribution in [0.3, 0.4) is 0 Å². The Morgan fingerprint density at radius 3 is 2.65 bits per heavy atom. The first-order valence-corrected chi connectivity index (χ1v) is 10.6. The van der Waals surface area contributed by atoms with Gasteiger partial charge in [-0.05, 0) is 68.9 Å². The maximum absolute atomic E-state index is 5.53. The van der Waals surface area contributed by atoms with Crippen LogP contribution in [0.4, 0.5) is 0 Å². The number of rotatable bonds is 10. The molecule has 0 aliphatic heterocycles. The summed E-state index contributed by atoms with van der Waals surface area (Å²) < 4.78 is 5.53. The lowest BCUT2D eigenvalue weighted by Crippen LogP contribution is -2.40. The molecular formula is C20H34IN3OS. The van der Waals surface area contributed by atoms with Gasteiger partial charge in [0.25, 0.3) is 0 Å². The van der Waals surface area contributed by atoms with E-state index < -0.39 is 0 Å². The van der Waals surface area contributed by atoms with Crippen LogP contribution in [0.25, 0.3) is 0 Å². The van der Waals surface area contributed by atoms with Crippen molar-refractivity contribution in [2.24, 2.45) is 10.4 Å². The number of thioether (sulfide) groups is 1. The molecule has 148 valence electrons. The molecule has 0 heterocycles. The smallest absolute Gasteiger partial charge is 0.191 e. The minimum absolute atomic E-state index is 0. The summed E-state index contributed by atoms with van der Waals surface area (Å²) >= 11 is 1.79. The minimum atomic E-state index is 0. The standard InChI is InChI=1S/C20H33N3OS.HI/c1-5-21-19(23-15-20(9-10-20)11-12-24-6-2)22-14-17-8-7-16(3)13-18(17)25-4;/h7-8,13H,5-6,9-12,14-15H2,1-4H3,(H2,21,22,23);1H. The maximum atomic E-state index is 5.53. The first-order chi connectivity index (χ1) is 12.1. The van der Waals surface area contributed by atoms with E-state index in [-0.39, 0.29) is 24.0 Å². The summed E-state index contributed by atoms with van der Waals surface area (Å²) in [6, 6.07) is 6.60. The number of ether oxygens (including phenoxy) is 1. The van der Waals surface area contributed by atoms with Crippen LogP contribution in [0, 0.1) is 12.3 Å². The van der Waals surface area contributed by atoms with Gasteiger partial charge in [-0.2, -0.15) is 0 Å². The van der Waals surface area contributed by atoms with Gasteiger partial charge in [-0.25, -0.2) is 4.99 Å². The van der Waals surface area contributed by atoms with Crippen LogP contribution in [0.2, 0.25) is 0 Å². The van der Waals surface area contributed by atoms with Crippen molar-refractivity contribution in [1.29, 1.82) is 0 Å². The van der Waals surface area contributed by atoms with Crippen LogP contribution in [0.1, 0.15) is 44.2 Å². The van der Waals surface area contributed by atoms with Crippen molar-refractivity contribution in [1.82, 2.24) is 10.6 Å². The summed E-state index contributed by atoms with van der Waals surface area (Å²) in [5.74, 6) is 0.915. The second kappa shape index (κ2) is 12.1. The van der Waals surface area contributed by atoms with Crippen molar-refractivity contribution >= 4 is 41.7 Å². The first-order valence-electron chi connectivity index (χ1n) is 9.36. The average Bonchev–Trinajstić information content (AvgIpc) is 3.38. The highest BCUT2D eigenvalue weighted by Crippen LogP contribution is 2.48. The molecule has 1 aliphatic carbocycles. The minimum Gasteiger partial charge on any atom is -0.382 e. The van der Waals surface area contributed by atoms with Crippen LogP contribution in [-0.4, -0.2) is 38.5 Å². The lowest BCUT2D eigenvalue weighted by Gasteiger charge is -2.18. The predicted octanol–water partition coefficient (Wildman–Crippen LogP) is 4.60. The molecule has 1 aromatic rings. The van der Waals surface area contributed by atoms with Gasteiger partial charge in [0.1, 0.15) is 0 Å².